The van der Waals surface area contributed by atoms with Crippen LogP contribution in [0.1, 0.15) is 27.9 Å². The summed E-state index contributed by atoms with van der Waals surface area (Å²) in [6.45, 7) is 2.11. The van der Waals surface area contributed by atoms with Gasteiger partial charge in [0.25, 0.3) is 5.56 Å². The van der Waals surface area contributed by atoms with Gasteiger partial charge in [-0.15, -0.1) is 11.8 Å². The minimum absolute atomic E-state index is 0.167. The summed E-state index contributed by atoms with van der Waals surface area (Å²) in [5, 5.41) is 6.85. The summed E-state index contributed by atoms with van der Waals surface area (Å²) in [7, 11) is 0. The van der Waals surface area contributed by atoms with Crippen molar-refractivity contribution in [3.8, 4) is 11.3 Å². The molecule has 144 valence electrons. The van der Waals surface area contributed by atoms with E-state index in [9.17, 15) is 14.0 Å². The lowest BCUT2D eigenvalue weighted by molar-refractivity contribution is 0.0532. The van der Waals surface area contributed by atoms with E-state index in [4.69, 9.17) is 4.74 Å². The Morgan fingerprint density at radius 1 is 1.39 bits per heavy atom. The van der Waals surface area contributed by atoms with E-state index in [0.29, 0.717) is 33.2 Å². The van der Waals surface area contributed by atoms with Gasteiger partial charge < -0.3 is 9.72 Å². The van der Waals surface area contributed by atoms with Gasteiger partial charge in [0.2, 0.25) is 0 Å². The molecule has 0 atom stereocenters. The van der Waals surface area contributed by atoms with E-state index in [0.717, 1.165) is 11.5 Å². The molecular weight excluding hydrogens is 403 g/mol. The highest BCUT2D eigenvalue weighted by molar-refractivity contribution is 8.13. The Balaban J connectivity index is 1.89. The molecule has 28 heavy (non-hydrogen) atoms. The van der Waals surface area contributed by atoms with Crippen molar-refractivity contribution in [3.05, 3.63) is 56.6 Å². The molecule has 1 aromatic rings. The molecule has 10 heteroatoms. The molecule has 0 aliphatic carbocycles. The third kappa shape index (κ3) is 3.08. The third-order valence-electron chi connectivity index (χ3n) is 4.26. The highest BCUT2D eigenvalue weighted by atomic mass is 32.2. The van der Waals surface area contributed by atoms with Crippen LogP contribution in [0.15, 0.2) is 34.2 Å². The summed E-state index contributed by atoms with van der Waals surface area (Å²) in [4.78, 5) is 28.0. The molecule has 3 heterocycles. The lowest BCUT2D eigenvalue weighted by atomic mass is 10.1. The molecule has 3 aliphatic heterocycles. The van der Waals surface area contributed by atoms with E-state index in [1.165, 1.54) is 23.9 Å². The van der Waals surface area contributed by atoms with Crippen LogP contribution in [0.3, 0.4) is 0 Å². The smallest absolute Gasteiger partial charge is 0.352 e. The Hall–Kier alpha value is -2.72. The molecule has 4 rings (SSSR count). The quantitative estimate of drug-likeness (QED) is 0.657. The summed E-state index contributed by atoms with van der Waals surface area (Å²) in [5.74, 6) is -0.881. The standard InChI is InChI=1S/C18H15FN4O3S2/c1-3-26-18(25)15-13-12-11(16(24)20-13)8-23(10-6-4-9(19)5-7-10)21-17(27-2)14(12)22-28-15/h4-7H,3,8H2,1-2H3,(H,20,24). The Kier molecular flexibility index (Phi) is 4.90. The van der Waals surface area contributed by atoms with Crippen LogP contribution in [0.2, 0.25) is 0 Å². The molecule has 3 aliphatic rings. The number of anilines is 1. The second-order valence-corrected chi connectivity index (χ2v) is 7.48. The number of hydrazone groups is 1. The van der Waals surface area contributed by atoms with Crippen LogP contribution in [0, 0.1) is 5.82 Å². The van der Waals surface area contributed by atoms with Gasteiger partial charge in [-0.2, -0.15) is 9.47 Å². The van der Waals surface area contributed by atoms with E-state index in [1.807, 2.05) is 6.26 Å². The van der Waals surface area contributed by atoms with Crippen molar-refractivity contribution in [2.24, 2.45) is 5.10 Å². The number of thioether (sulfide) groups is 1. The number of halogens is 1. The first-order valence-corrected chi connectivity index (χ1v) is 10.4. The number of hydrogen-bond acceptors (Lipinski definition) is 8. The molecule has 0 fully saturated rings. The van der Waals surface area contributed by atoms with Crippen molar-refractivity contribution in [1.29, 1.82) is 0 Å². The zero-order valence-electron chi connectivity index (χ0n) is 15.0. The zero-order valence-corrected chi connectivity index (χ0v) is 16.6. The fourth-order valence-corrected chi connectivity index (χ4v) is 4.32. The second-order valence-electron chi connectivity index (χ2n) is 5.91. The van der Waals surface area contributed by atoms with Crippen LogP contribution in [0.25, 0.3) is 11.3 Å². The summed E-state index contributed by atoms with van der Waals surface area (Å²) < 4.78 is 22.9. The number of H-pyrrole nitrogens is 1. The SMILES string of the molecule is CCOC(=O)c1snc2c3c(c(=O)[nH]c1-3)CN(c1ccc(F)cc1)N=C2SC. The van der Waals surface area contributed by atoms with Crippen molar-refractivity contribution < 1.29 is 13.9 Å². The van der Waals surface area contributed by atoms with Gasteiger partial charge in [-0.25, -0.2) is 9.18 Å². The number of nitrogens with zero attached hydrogens (tertiary/aromatic N) is 3. The fourth-order valence-electron chi connectivity index (χ4n) is 3.00. The summed E-state index contributed by atoms with van der Waals surface area (Å²) in [6, 6.07) is 5.87. The topological polar surface area (TPSA) is 87.6 Å². The number of rotatable bonds is 3. The normalized spacial score (nSPS) is 13.4. The molecule has 0 bridgehead atoms. The number of ether oxygens (including phenoxy) is 1. The van der Waals surface area contributed by atoms with Crippen molar-refractivity contribution >= 4 is 40.0 Å². The molecule has 0 unspecified atom stereocenters. The number of hydrogen-bond donors (Lipinski definition) is 1. The summed E-state index contributed by atoms with van der Waals surface area (Å²) in [5.41, 5.74) is 2.31. The van der Waals surface area contributed by atoms with Crippen molar-refractivity contribution in [1.82, 2.24) is 9.36 Å². The minimum atomic E-state index is -0.526. The van der Waals surface area contributed by atoms with E-state index in [-0.39, 0.29) is 29.4 Å². The molecule has 0 radical (unpaired) electrons. The van der Waals surface area contributed by atoms with Crippen LogP contribution in [-0.2, 0) is 11.3 Å². The van der Waals surface area contributed by atoms with Gasteiger partial charge in [-0.1, -0.05) is 0 Å². The van der Waals surface area contributed by atoms with Crippen LogP contribution < -0.4 is 10.6 Å². The number of esters is 1. The predicted octanol–water partition coefficient (Wildman–Crippen LogP) is 3.30. The monoisotopic (exact) mass is 418 g/mol. The maximum Gasteiger partial charge on any atom is 0.352 e. The van der Waals surface area contributed by atoms with Crippen molar-refractivity contribution in [3.63, 3.8) is 0 Å². The van der Waals surface area contributed by atoms with Crippen LogP contribution in [-0.4, -0.2) is 33.2 Å². The number of aromatic amines is 1. The average Bonchev–Trinajstić information content (AvgIpc) is 2.91. The molecule has 0 saturated carbocycles. The molecule has 1 aromatic carbocycles. The number of nitrogens with one attached hydrogen (secondary N) is 1. The zero-order chi connectivity index (χ0) is 19.8. The molecule has 0 saturated heterocycles. The number of aromatic nitrogens is 2. The summed E-state index contributed by atoms with van der Waals surface area (Å²) >= 11 is 2.35. The molecular formula is C18H15FN4O3S2. The van der Waals surface area contributed by atoms with Gasteiger partial charge in [0.1, 0.15) is 16.6 Å². The fraction of sp³-hybridized carbons (Fsp3) is 0.222. The van der Waals surface area contributed by atoms with Gasteiger partial charge in [-0.3, -0.25) is 9.80 Å². The van der Waals surface area contributed by atoms with Gasteiger partial charge in [0.15, 0.2) is 4.88 Å². The van der Waals surface area contributed by atoms with Gasteiger partial charge >= 0.3 is 5.97 Å². The number of carbonyl (C=O) groups excluding carboxylic acids is 1. The average molecular weight is 418 g/mol. The molecule has 0 spiro atoms. The minimum Gasteiger partial charge on any atom is -0.462 e. The molecule has 7 nitrogen and oxygen atoms in total. The van der Waals surface area contributed by atoms with Crippen LogP contribution in [0.4, 0.5) is 10.1 Å². The molecule has 1 N–H and O–H groups in total. The maximum atomic E-state index is 13.3. The molecule has 0 amide bonds. The second kappa shape index (κ2) is 7.36. The lowest BCUT2D eigenvalue weighted by Crippen LogP contribution is -2.20. The Morgan fingerprint density at radius 3 is 2.82 bits per heavy atom. The third-order valence-corrected chi connectivity index (χ3v) is 5.75. The lowest BCUT2D eigenvalue weighted by Gasteiger charge is -2.18. The highest BCUT2D eigenvalue weighted by Gasteiger charge is 2.32. The van der Waals surface area contributed by atoms with E-state index < -0.39 is 5.97 Å². The van der Waals surface area contributed by atoms with Gasteiger partial charge in [-0.05, 0) is 49.0 Å². The summed E-state index contributed by atoms with van der Waals surface area (Å²) in [6.07, 6.45) is 1.86. The Morgan fingerprint density at radius 2 is 2.14 bits per heavy atom. The molecule has 0 aromatic heterocycles. The van der Waals surface area contributed by atoms with Crippen molar-refractivity contribution in [2.45, 2.75) is 13.5 Å². The van der Waals surface area contributed by atoms with E-state index in [1.54, 1.807) is 24.1 Å². The number of carbonyl (C=O) groups is 1. The van der Waals surface area contributed by atoms with Crippen molar-refractivity contribution in [2.75, 3.05) is 17.9 Å². The van der Waals surface area contributed by atoms with Gasteiger partial charge in [0.05, 0.1) is 30.1 Å². The number of benzene rings is 1. The van der Waals surface area contributed by atoms with Crippen LogP contribution in [0.5, 0.6) is 0 Å². The maximum absolute atomic E-state index is 13.3. The highest BCUT2D eigenvalue weighted by Crippen LogP contribution is 2.36. The Labute approximate surface area is 167 Å². The van der Waals surface area contributed by atoms with E-state index >= 15 is 0 Å². The Bertz CT molecular complexity index is 1110. The van der Waals surface area contributed by atoms with E-state index in [2.05, 4.69) is 14.5 Å². The largest absolute Gasteiger partial charge is 0.462 e. The predicted molar refractivity (Wildman–Crippen MR) is 108 cm³/mol. The van der Waals surface area contributed by atoms with Gasteiger partial charge in [0, 0.05) is 5.56 Å². The van der Waals surface area contributed by atoms with Crippen LogP contribution >= 0.6 is 23.3 Å². The first-order chi connectivity index (χ1) is 13.5. The first kappa shape index (κ1) is 18.6. The first-order valence-electron chi connectivity index (χ1n) is 8.41.